The zero-order valence-corrected chi connectivity index (χ0v) is 16.7. The molecule has 1 amide bonds. The van der Waals surface area contributed by atoms with E-state index in [0.717, 1.165) is 32.1 Å². The Hall–Kier alpha value is -1.60. The number of nitrogens with zero attached hydrogens (tertiary/aromatic N) is 1. The molecule has 148 valence electrons. The van der Waals surface area contributed by atoms with Crippen LogP contribution in [0, 0.1) is 0 Å². The van der Waals surface area contributed by atoms with Gasteiger partial charge in [-0.2, -0.15) is 0 Å². The summed E-state index contributed by atoms with van der Waals surface area (Å²) < 4.78 is 29.0. The second-order valence-corrected chi connectivity index (χ2v) is 9.90. The van der Waals surface area contributed by atoms with Gasteiger partial charge in [-0.05, 0) is 37.5 Å². The maximum Gasteiger partial charge on any atom is 0.338 e. The first-order valence-electron chi connectivity index (χ1n) is 9.30. The first-order valence-corrected chi connectivity index (χ1v) is 11.5. The number of esters is 1. The van der Waals surface area contributed by atoms with Crippen molar-refractivity contribution in [3.05, 3.63) is 34.9 Å². The number of rotatable bonds is 5. The molecule has 2 aliphatic rings. The molecule has 6 nitrogen and oxygen atoms in total. The van der Waals surface area contributed by atoms with Crippen LogP contribution in [0.3, 0.4) is 0 Å². The van der Waals surface area contributed by atoms with E-state index in [2.05, 4.69) is 0 Å². The molecule has 0 radical (unpaired) electrons. The highest BCUT2D eigenvalue weighted by atomic mass is 35.5. The summed E-state index contributed by atoms with van der Waals surface area (Å²) >= 11 is 5.88. The molecule has 0 unspecified atom stereocenters. The molecule has 0 aromatic heterocycles. The fourth-order valence-electron chi connectivity index (χ4n) is 3.96. The first kappa shape index (κ1) is 20.1. The smallest absolute Gasteiger partial charge is 0.338 e. The molecule has 0 spiro atoms. The fourth-order valence-corrected chi connectivity index (χ4v) is 5.86. The molecule has 1 aromatic carbocycles. The van der Waals surface area contributed by atoms with Crippen LogP contribution >= 0.6 is 11.6 Å². The molecule has 1 aliphatic carbocycles. The highest BCUT2D eigenvalue weighted by Crippen LogP contribution is 2.28. The normalized spacial score (nSPS) is 22.3. The van der Waals surface area contributed by atoms with Crippen molar-refractivity contribution in [3.63, 3.8) is 0 Å². The number of ether oxygens (including phenoxy) is 1. The molecule has 1 heterocycles. The van der Waals surface area contributed by atoms with Crippen molar-refractivity contribution < 1.29 is 22.7 Å². The average molecular weight is 414 g/mol. The second kappa shape index (κ2) is 8.61. The van der Waals surface area contributed by atoms with Crippen LogP contribution in [0.4, 0.5) is 0 Å². The zero-order chi connectivity index (χ0) is 19.4. The van der Waals surface area contributed by atoms with Crippen LogP contribution in [0.2, 0.25) is 5.02 Å². The molecule has 0 bridgehead atoms. The molecular formula is C19H24ClNO5S. The van der Waals surface area contributed by atoms with Crippen LogP contribution in [0.15, 0.2) is 24.3 Å². The number of halogens is 1. The highest BCUT2D eigenvalue weighted by Gasteiger charge is 2.38. The van der Waals surface area contributed by atoms with Crippen LogP contribution in [-0.2, 0) is 19.4 Å². The van der Waals surface area contributed by atoms with Gasteiger partial charge >= 0.3 is 5.97 Å². The van der Waals surface area contributed by atoms with E-state index in [1.807, 2.05) is 0 Å². The summed E-state index contributed by atoms with van der Waals surface area (Å²) in [5.41, 5.74) is 0.281. The lowest BCUT2D eigenvalue weighted by atomic mass is 9.93. The predicted octanol–water partition coefficient (Wildman–Crippen LogP) is 2.85. The molecule has 1 aliphatic heterocycles. The topological polar surface area (TPSA) is 80.8 Å². The van der Waals surface area contributed by atoms with Crippen LogP contribution in [0.5, 0.6) is 0 Å². The van der Waals surface area contributed by atoms with Gasteiger partial charge in [0.1, 0.15) is 0 Å². The van der Waals surface area contributed by atoms with Crippen molar-refractivity contribution in [1.82, 2.24) is 4.90 Å². The maximum atomic E-state index is 12.9. The Balaban J connectivity index is 1.68. The van der Waals surface area contributed by atoms with Gasteiger partial charge in [0, 0.05) is 17.1 Å². The SMILES string of the molecule is O=C(OCC(=O)N(C1CCCCC1)[C@H]1CCS(=O)(=O)C1)c1cccc(Cl)c1. The van der Waals surface area contributed by atoms with Crippen molar-refractivity contribution in [3.8, 4) is 0 Å². The first-order chi connectivity index (χ1) is 12.9. The van der Waals surface area contributed by atoms with E-state index >= 15 is 0 Å². The van der Waals surface area contributed by atoms with E-state index in [1.54, 1.807) is 23.1 Å². The Morgan fingerprint density at radius 1 is 1.11 bits per heavy atom. The summed E-state index contributed by atoms with van der Waals surface area (Å²) in [5.74, 6) is -0.832. The third-order valence-electron chi connectivity index (χ3n) is 5.24. The minimum absolute atomic E-state index is 0.00250. The minimum atomic E-state index is -3.11. The largest absolute Gasteiger partial charge is 0.452 e. The van der Waals surface area contributed by atoms with Crippen molar-refractivity contribution in [2.75, 3.05) is 18.1 Å². The number of hydrogen-bond acceptors (Lipinski definition) is 5. The number of carbonyl (C=O) groups is 2. The lowest BCUT2D eigenvalue weighted by molar-refractivity contribution is -0.140. The van der Waals surface area contributed by atoms with Crippen molar-refractivity contribution >= 4 is 33.3 Å². The standard InChI is InChI=1S/C19H24ClNO5S/c20-15-6-4-5-14(11-15)19(23)26-12-18(22)21(16-7-2-1-3-8-16)17-9-10-27(24,25)13-17/h4-6,11,16-17H,1-3,7-10,12-13H2/t17-/m0/s1. The van der Waals surface area contributed by atoms with Crippen LogP contribution in [0.25, 0.3) is 0 Å². The molecule has 27 heavy (non-hydrogen) atoms. The van der Waals surface area contributed by atoms with E-state index in [4.69, 9.17) is 16.3 Å². The van der Waals surface area contributed by atoms with Gasteiger partial charge in [0.2, 0.25) is 0 Å². The number of hydrogen-bond donors (Lipinski definition) is 0. The van der Waals surface area contributed by atoms with E-state index < -0.39 is 22.4 Å². The summed E-state index contributed by atoms with van der Waals surface area (Å²) in [6, 6.07) is 6.04. The maximum absolute atomic E-state index is 12.9. The fraction of sp³-hybridized carbons (Fsp3) is 0.579. The molecule has 3 rings (SSSR count). The van der Waals surface area contributed by atoms with Crippen LogP contribution in [-0.4, -0.2) is 55.4 Å². The zero-order valence-electron chi connectivity index (χ0n) is 15.1. The third-order valence-corrected chi connectivity index (χ3v) is 7.23. The molecule has 2 fully saturated rings. The van der Waals surface area contributed by atoms with Crippen molar-refractivity contribution in [2.45, 2.75) is 50.6 Å². The molecular weight excluding hydrogens is 390 g/mol. The monoisotopic (exact) mass is 413 g/mol. The molecule has 1 aromatic rings. The molecule has 0 N–H and O–H groups in total. The molecule has 1 saturated heterocycles. The van der Waals surface area contributed by atoms with Gasteiger partial charge in [-0.3, -0.25) is 4.79 Å². The van der Waals surface area contributed by atoms with Crippen LogP contribution in [0.1, 0.15) is 48.9 Å². The van der Waals surface area contributed by atoms with Crippen LogP contribution < -0.4 is 0 Å². The summed E-state index contributed by atoms with van der Waals surface area (Å²) in [4.78, 5) is 26.7. The summed E-state index contributed by atoms with van der Waals surface area (Å²) in [6.07, 6.45) is 5.36. The summed E-state index contributed by atoms with van der Waals surface area (Å²) in [5, 5.41) is 0.413. The number of sulfone groups is 1. The Morgan fingerprint density at radius 3 is 2.48 bits per heavy atom. The quantitative estimate of drug-likeness (QED) is 0.693. The van der Waals surface area contributed by atoms with E-state index in [0.29, 0.717) is 11.4 Å². The van der Waals surface area contributed by atoms with E-state index in [1.165, 1.54) is 6.07 Å². The van der Waals surface area contributed by atoms with Crippen molar-refractivity contribution in [2.24, 2.45) is 0 Å². The van der Waals surface area contributed by atoms with E-state index in [-0.39, 0.29) is 35.1 Å². The van der Waals surface area contributed by atoms with E-state index in [9.17, 15) is 18.0 Å². The lowest BCUT2D eigenvalue weighted by Crippen LogP contribution is -2.50. The molecule has 8 heteroatoms. The lowest BCUT2D eigenvalue weighted by Gasteiger charge is -2.38. The Bertz CT molecular complexity index is 804. The Labute approximate surface area is 164 Å². The van der Waals surface area contributed by atoms with Gasteiger partial charge in [-0.25, -0.2) is 13.2 Å². The molecule has 1 atom stereocenters. The van der Waals surface area contributed by atoms with Gasteiger partial charge in [0.25, 0.3) is 5.91 Å². The molecule has 1 saturated carbocycles. The average Bonchev–Trinajstić information content (AvgIpc) is 3.00. The third kappa shape index (κ3) is 5.23. The number of benzene rings is 1. The van der Waals surface area contributed by atoms with Crippen molar-refractivity contribution in [1.29, 1.82) is 0 Å². The predicted molar refractivity (Wildman–Crippen MR) is 103 cm³/mol. The van der Waals surface area contributed by atoms with Gasteiger partial charge in [0.15, 0.2) is 16.4 Å². The Kier molecular flexibility index (Phi) is 6.42. The highest BCUT2D eigenvalue weighted by molar-refractivity contribution is 7.91. The number of amides is 1. The summed E-state index contributed by atoms with van der Waals surface area (Å²) in [6.45, 7) is -0.390. The van der Waals surface area contributed by atoms with Gasteiger partial charge in [-0.1, -0.05) is 36.9 Å². The van der Waals surface area contributed by atoms with Gasteiger partial charge in [-0.15, -0.1) is 0 Å². The van der Waals surface area contributed by atoms with Gasteiger partial charge in [0.05, 0.1) is 17.1 Å². The minimum Gasteiger partial charge on any atom is -0.452 e. The summed E-state index contributed by atoms with van der Waals surface area (Å²) in [7, 11) is -3.11. The Morgan fingerprint density at radius 2 is 1.85 bits per heavy atom. The number of carbonyl (C=O) groups excluding carboxylic acids is 2. The second-order valence-electron chi connectivity index (χ2n) is 7.24. The van der Waals surface area contributed by atoms with Gasteiger partial charge < -0.3 is 9.64 Å².